The minimum absolute atomic E-state index is 0.327. The van der Waals surface area contributed by atoms with Crippen molar-refractivity contribution in [1.29, 1.82) is 0 Å². The summed E-state index contributed by atoms with van der Waals surface area (Å²) in [5.74, 6) is 0.327. The molecule has 0 amide bonds. The molecule has 0 spiro atoms. The van der Waals surface area contributed by atoms with Crippen molar-refractivity contribution >= 4 is 11.6 Å². The molecule has 0 aromatic rings. The highest BCUT2D eigenvalue weighted by molar-refractivity contribution is 6.18. The second kappa shape index (κ2) is 5.13. The molecule has 0 aliphatic rings. The first-order valence-electron chi connectivity index (χ1n) is 2.66. The van der Waals surface area contributed by atoms with E-state index in [1.54, 1.807) is 6.08 Å². The Hall–Kier alpha value is -0.0100. The van der Waals surface area contributed by atoms with Crippen LogP contribution in [-0.4, -0.2) is 17.1 Å². The Labute approximate surface area is 55.0 Å². The standard InChI is InChI=1S/C6H11ClO/c1-2-3-4-6(8)5-7/h2,6,8H,1,3-5H2/t6-/m1/s1. The van der Waals surface area contributed by atoms with Gasteiger partial charge in [-0.3, -0.25) is 0 Å². The summed E-state index contributed by atoms with van der Waals surface area (Å²) < 4.78 is 0. The SMILES string of the molecule is C=CCC[C@@H](O)CCl. The van der Waals surface area contributed by atoms with Gasteiger partial charge >= 0.3 is 0 Å². The van der Waals surface area contributed by atoms with Crippen LogP contribution in [0.1, 0.15) is 12.8 Å². The molecule has 8 heavy (non-hydrogen) atoms. The van der Waals surface area contributed by atoms with Gasteiger partial charge < -0.3 is 5.11 Å². The zero-order valence-corrected chi connectivity index (χ0v) is 5.56. The van der Waals surface area contributed by atoms with Gasteiger partial charge in [-0.25, -0.2) is 0 Å². The first kappa shape index (κ1) is 7.99. The summed E-state index contributed by atoms with van der Waals surface area (Å²) >= 11 is 5.30. The molecular weight excluding hydrogens is 124 g/mol. The first-order valence-corrected chi connectivity index (χ1v) is 3.19. The molecule has 1 atom stereocenters. The number of aliphatic hydroxyl groups excluding tert-OH is 1. The van der Waals surface area contributed by atoms with Crippen molar-refractivity contribution in [2.24, 2.45) is 0 Å². The average Bonchev–Trinajstić information content (AvgIpc) is 1.83. The Morgan fingerprint density at radius 1 is 1.75 bits per heavy atom. The predicted octanol–water partition coefficient (Wildman–Crippen LogP) is 1.55. The highest BCUT2D eigenvalue weighted by Crippen LogP contribution is 1.98. The van der Waals surface area contributed by atoms with Crippen molar-refractivity contribution < 1.29 is 5.11 Å². The number of hydrogen-bond acceptors (Lipinski definition) is 1. The molecule has 0 saturated carbocycles. The van der Waals surface area contributed by atoms with E-state index in [9.17, 15) is 0 Å². The number of hydrogen-bond donors (Lipinski definition) is 1. The summed E-state index contributed by atoms with van der Waals surface area (Å²) in [7, 11) is 0. The summed E-state index contributed by atoms with van der Waals surface area (Å²) in [5.41, 5.74) is 0. The lowest BCUT2D eigenvalue weighted by Gasteiger charge is -2.01. The van der Waals surface area contributed by atoms with Gasteiger partial charge in [-0.2, -0.15) is 0 Å². The normalized spacial score (nSPS) is 13.2. The lowest BCUT2D eigenvalue weighted by molar-refractivity contribution is 0.189. The van der Waals surface area contributed by atoms with Gasteiger partial charge in [0.1, 0.15) is 0 Å². The molecule has 2 heteroatoms. The van der Waals surface area contributed by atoms with Crippen LogP contribution in [0.15, 0.2) is 12.7 Å². The zero-order valence-electron chi connectivity index (χ0n) is 4.81. The van der Waals surface area contributed by atoms with Crippen LogP contribution >= 0.6 is 11.6 Å². The van der Waals surface area contributed by atoms with Gasteiger partial charge in [0.2, 0.25) is 0 Å². The van der Waals surface area contributed by atoms with E-state index in [1.807, 2.05) is 0 Å². The molecule has 0 aromatic heterocycles. The predicted molar refractivity (Wildman–Crippen MR) is 36.2 cm³/mol. The van der Waals surface area contributed by atoms with E-state index in [4.69, 9.17) is 16.7 Å². The van der Waals surface area contributed by atoms with Crippen LogP contribution in [0.5, 0.6) is 0 Å². The number of allylic oxidation sites excluding steroid dienone is 1. The van der Waals surface area contributed by atoms with Gasteiger partial charge in [-0.1, -0.05) is 6.08 Å². The van der Waals surface area contributed by atoms with E-state index in [0.717, 1.165) is 12.8 Å². The third-order valence-corrected chi connectivity index (χ3v) is 1.24. The summed E-state index contributed by atoms with van der Waals surface area (Å²) in [6, 6.07) is 0. The molecule has 0 radical (unpaired) electrons. The third-order valence-electron chi connectivity index (χ3n) is 0.882. The Balaban J connectivity index is 2.97. The van der Waals surface area contributed by atoms with E-state index in [2.05, 4.69) is 6.58 Å². The molecule has 1 nitrogen and oxygen atoms in total. The Morgan fingerprint density at radius 3 is 2.75 bits per heavy atom. The molecule has 0 aliphatic carbocycles. The van der Waals surface area contributed by atoms with Crippen molar-refractivity contribution in [3.63, 3.8) is 0 Å². The number of aliphatic hydroxyl groups is 1. The van der Waals surface area contributed by atoms with E-state index in [-0.39, 0.29) is 6.10 Å². The fourth-order valence-corrected chi connectivity index (χ4v) is 0.542. The minimum Gasteiger partial charge on any atom is -0.392 e. The summed E-state index contributed by atoms with van der Waals surface area (Å²) in [4.78, 5) is 0. The molecule has 0 rings (SSSR count). The van der Waals surface area contributed by atoms with Crippen LogP contribution in [0.3, 0.4) is 0 Å². The number of halogens is 1. The molecule has 0 unspecified atom stereocenters. The van der Waals surface area contributed by atoms with Crippen molar-refractivity contribution in [2.75, 3.05) is 5.88 Å². The molecule has 0 saturated heterocycles. The lowest BCUT2D eigenvalue weighted by Crippen LogP contribution is -2.06. The van der Waals surface area contributed by atoms with Crippen molar-refractivity contribution in [3.05, 3.63) is 12.7 Å². The van der Waals surface area contributed by atoms with Crippen LogP contribution in [-0.2, 0) is 0 Å². The molecular formula is C6H11ClO. The monoisotopic (exact) mass is 134 g/mol. The van der Waals surface area contributed by atoms with Crippen LogP contribution in [0.4, 0.5) is 0 Å². The minimum atomic E-state index is -0.352. The smallest absolute Gasteiger partial charge is 0.0678 e. The Kier molecular flexibility index (Phi) is 5.13. The maximum Gasteiger partial charge on any atom is 0.0678 e. The topological polar surface area (TPSA) is 20.2 Å². The highest BCUT2D eigenvalue weighted by atomic mass is 35.5. The van der Waals surface area contributed by atoms with Crippen LogP contribution in [0.2, 0.25) is 0 Å². The van der Waals surface area contributed by atoms with Crippen LogP contribution < -0.4 is 0 Å². The largest absolute Gasteiger partial charge is 0.392 e. The number of rotatable bonds is 4. The lowest BCUT2D eigenvalue weighted by atomic mass is 10.2. The fraction of sp³-hybridized carbons (Fsp3) is 0.667. The maximum atomic E-state index is 8.81. The summed E-state index contributed by atoms with van der Waals surface area (Å²) in [5, 5.41) is 8.81. The molecule has 0 aromatic carbocycles. The molecule has 48 valence electrons. The highest BCUT2D eigenvalue weighted by Gasteiger charge is 1.97. The molecule has 0 bridgehead atoms. The van der Waals surface area contributed by atoms with E-state index in [1.165, 1.54) is 0 Å². The van der Waals surface area contributed by atoms with Gasteiger partial charge in [-0.15, -0.1) is 18.2 Å². The zero-order chi connectivity index (χ0) is 6.41. The van der Waals surface area contributed by atoms with Gasteiger partial charge in [0.15, 0.2) is 0 Å². The summed E-state index contributed by atoms with van der Waals surface area (Å²) in [6.45, 7) is 3.51. The van der Waals surface area contributed by atoms with Crippen LogP contribution in [0, 0.1) is 0 Å². The van der Waals surface area contributed by atoms with Gasteiger partial charge in [-0.05, 0) is 12.8 Å². The maximum absolute atomic E-state index is 8.81. The van der Waals surface area contributed by atoms with E-state index >= 15 is 0 Å². The van der Waals surface area contributed by atoms with Crippen molar-refractivity contribution in [1.82, 2.24) is 0 Å². The summed E-state index contributed by atoms with van der Waals surface area (Å²) in [6.07, 6.45) is 2.99. The van der Waals surface area contributed by atoms with Crippen LogP contribution in [0.25, 0.3) is 0 Å². The Morgan fingerprint density at radius 2 is 2.38 bits per heavy atom. The quantitative estimate of drug-likeness (QED) is 0.457. The Bertz CT molecular complexity index is 63.5. The molecule has 0 fully saturated rings. The first-order chi connectivity index (χ1) is 3.81. The third kappa shape index (κ3) is 4.16. The van der Waals surface area contributed by atoms with Gasteiger partial charge in [0.25, 0.3) is 0 Å². The van der Waals surface area contributed by atoms with E-state index in [0.29, 0.717) is 5.88 Å². The molecule has 0 aliphatic heterocycles. The second-order valence-electron chi connectivity index (χ2n) is 1.67. The molecule has 0 heterocycles. The fourth-order valence-electron chi connectivity index (χ4n) is 0.387. The number of alkyl halides is 1. The average molecular weight is 135 g/mol. The van der Waals surface area contributed by atoms with Gasteiger partial charge in [0.05, 0.1) is 6.10 Å². The molecule has 1 N–H and O–H groups in total. The van der Waals surface area contributed by atoms with Crippen molar-refractivity contribution in [2.45, 2.75) is 18.9 Å². The van der Waals surface area contributed by atoms with E-state index < -0.39 is 0 Å². The van der Waals surface area contributed by atoms with Gasteiger partial charge in [0, 0.05) is 5.88 Å². The van der Waals surface area contributed by atoms with Crippen molar-refractivity contribution in [3.8, 4) is 0 Å². The second-order valence-corrected chi connectivity index (χ2v) is 1.98.